The molecule has 3 N–H and O–H groups in total. The van der Waals surface area contributed by atoms with Crippen LogP contribution in [0.25, 0.3) is 0 Å². The molecule has 0 bridgehead atoms. The van der Waals surface area contributed by atoms with Crippen molar-refractivity contribution in [1.82, 2.24) is 10.6 Å². The minimum Gasteiger partial charge on any atom is -0.387 e. The van der Waals surface area contributed by atoms with Crippen molar-refractivity contribution in [3.63, 3.8) is 0 Å². The van der Waals surface area contributed by atoms with Crippen LogP contribution in [-0.2, 0) is 6.54 Å². The molecule has 0 saturated heterocycles. The van der Waals surface area contributed by atoms with Gasteiger partial charge in [-0.25, -0.2) is 9.18 Å². The van der Waals surface area contributed by atoms with Crippen molar-refractivity contribution < 1.29 is 14.3 Å². The Hall–Kier alpha value is -1.92. The minimum absolute atomic E-state index is 0.0704. The molecule has 0 saturated carbocycles. The third kappa shape index (κ3) is 4.84. The summed E-state index contributed by atoms with van der Waals surface area (Å²) >= 11 is 1.62. The number of rotatable bonds is 5. The molecular formula is C15H17FN2O2S. The number of hydrogen-bond donors (Lipinski definition) is 3. The van der Waals surface area contributed by atoms with Gasteiger partial charge in [0, 0.05) is 16.3 Å². The summed E-state index contributed by atoms with van der Waals surface area (Å²) < 4.78 is 12.8. The SMILES string of the molecule is Cc1ccc(CNC(=O)NCC(O)c2ccc(F)cc2)s1. The van der Waals surface area contributed by atoms with Crippen molar-refractivity contribution in [3.8, 4) is 0 Å². The second-order valence-corrected chi connectivity index (χ2v) is 6.02. The van der Waals surface area contributed by atoms with Crippen molar-refractivity contribution in [2.45, 2.75) is 19.6 Å². The van der Waals surface area contributed by atoms with Crippen molar-refractivity contribution in [3.05, 3.63) is 57.5 Å². The molecule has 21 heavy (non-hydrogen) atoms. The second kappa shape index (κ2) is 7.19. The van der Waals surface area contributed by atoms with E-state index >= 15 is 0 Å². The lowest BCUT2D eigenvalue weighted by Gasteiger charge is -2.12. The molecule has 1 heterocycles. The Morgan fingerprint density at radius 1 is 1.24 bits per heavy atom. The molecule has 1 atom stereocenters. The lowest BCUT2D eigenvalue weighted by Crippen LogP contribution is -2.37. The van der Waals surface area contributed by atoms with Crippen molar-refractivity contribution in [2.24, 2.45) is 0 Å². The average molecular weight is 308 g/mol. The van der Waals surface area contributed by atoms with E-state index in [2.05, 4.69) is 10.6 Å². The summed E-state index contributed by atoms with van der Waals surface area (Å²) in [6.45, 7) is 2.53. The number of urea groups is 1. The van der Waals surface area contributed by atoms with Gasteiger partial charge in [-0.2, -0.15) is 0 Å². The lowest BCUT2D eigenvalue weighted by atomic mass is 10.1. The summed E-state index contributed by atoms with van der Waals surface area (Å²) in [5, 5.41) is 15.2. The Morgan fingerprint density at radius 2 is 1.95 bits per heavy atom. The van der Waals surface area contributed by atoms with Gasteiger partial charge in [-0.05, 0) is 36.8 Å². The normalized spacial score (nSPS) is 12.0. The molecule has 0 aliphatic heterocycles. The molecule has 0 aliphatic rings. The number of aryl methyl sites for hydroxylation is 1. The third-order valence-corrected chi connectivity index (χ3v) is 3.93. The molecule has 0 fully saturated rings. The van der Waals surface area contributed by atoms with Crippen LogP contribution in [0, 0.1) is 12.7 Å². The summed E-state index contributed by atoms with van der Waals surface area (Å²) in [6, 6.07) is 9.16. The standard InChI is InChI=1S/C15H17FN2O2S/c1-10-2-7-13(21-10)8-17-15(20)18-9-14(19)11-3-5-12(16)6-4-11/h2-7,14,19H,8-9H2,1H3,(H2,17,18,20). The molecule has 0 radical (unpaired) electrons. The Labute approximate surface area is 126 Å². The summed E-state index contributed by atoms with van der Waals surface area (Å²) in [6.07, 6.45) is -0.861. The molecule has 6 heteroatoms. The predicted octanol–water partition coefficient (Wildman–Crippen LogP) is 2.73. The van der Waals surface area contributed by atoms with Crippen LogP contribution in [0.3, 0.4) is 0 Å². The van der Waals surface area contributed by atoms with Crippen LogP contribution in [-0.4, -0.2) is 17.7 Å². The Kier molecular flexibility index (Phi) is 5.30. The number of aliphatic hydroxyl groups excluding tert-OH is 1. The van der Waals surface area contributed by atoms with Crippen molar-refractivity contribution >= 4 is 17.4 Å². The quantitative estimate of drug-likeness (QED) is 0.795. The van der Waals surface area contributed by atoms with E-state index in [-0.39, 0.29) is 18.4 Å². The van der Waals surface area contributed by atoms with Crippen LogP contribution >= 0.6 is 11.3 Å². The maximum Gasteiger partial charge on any atom is 0.315 e. The summed E-state index contributed by atoms with van der Waals surface area (Å²) in [7, 11) is 0. The molecule has 0 aliphatic carbocycles. The van der Waals surface area contributed by atoms with Crippen LogP contribution in [0.5, 0.6) is 0 Å². The van der Waals surface area contributed by atoms with E-state index in [0.717, 1.165) is 4.88 Å². The second-order valence-electron chi connectivity index (χ2n) is 4.64. The van der Waals surface area contributed by atoms with Gasteiger partial charge >= 0.3 is 6.03 Å². The zero-order valence-corrected chi connectivity index (χ0v) is 12.4. The Balaban J connectivity index is 1.74. The van der Waals surface area contributed by atoms with Gasteiger partial charge in [0.2, 0.25) is 0 Å². The summed E-state index contributed by atoms with van der Waals surface area (Å²) in [5.41, 5.74) is 0.561. The Morgan fingerprint density at radius 3 is 2.57 bits per heavy atom. The van der Waals surface area contributed by atoms with E-state index in [1.165, 1.54) is 29.1 Å². The van der Waals surface area contributed by atoms with Crippen LogP contribution < -0.4 is 10.6 Å². The minimum atomic E-state index is -0.861. The largest absolute Gasteiger partial charge is 0.387 e. The van der Waals surface area contributed by atoms with Crippen molar-refractivity contribution in [2.75, 3.05) is 6.54 Å². The van der Waals surface area contributed by atoms with Gasteiger partial charge in [0.05, 0.1) is 12.6 Å². The van der Waals surface area contributed by atoms with Gasteiger partial charge < -0.3 is 15.7 Å². The number of nitrogens with one attached hydrogen (secondary N) is 2. The number of hydrogen-bond acceptors (Lipinski definition) is 3. The molecule has 0 spiro atoms. The summed E-state index contributed by atoms with van der Waals surface area (Å²) in [5.74, 6) is -0.358. The fraction of sp³-hybridized carbons (Fsp3) is 0.267. The van der Waals surface area contributed by atoms with Crippen LogP contribution in [0.1, 0.15) is 21.4 Å². The van der Waals surface area contributed by atoms with Gasteiger partial charge in [0.25, 0.3) is 0 Å². The highest BCUT2D eigenvalue weighted by molar-refractivity contribution is 7.11. The van der Waals surface area contributed by atoms with E-state index < -0.39 is 6.10 Å². The molecular weight excluding hydrogens is 291 g/mol. The van der Waals surface area contributed by atoms with Crippen LogP contribution in [0.15, 0.2) is 36.4 Å². The molecule has 2 amide bonds. The molecule has 1 unspecified atom stereocenters. The molecule has 112 valence electrons. The van der Waals surface area contributed by atoms with E-state index in [4.69, 9.17) is 0 Å². The Bertz CT molecular complexity index is 598. The number of aliphatic hydroxyl groups is 1. The fourth-order valence-electron chi connectivity index (χ4n) is 1.80. The highest BCUT2D eigenvalue weighted by Crippen LogP contribution is 2.14. The zero-order chi connectivity index (χ0) is 15.2. The van der Waals surface area contributed by atoms with Crippen LogP contribution in [0.2, 0.25) is 0 Å². The molecule has 1 aromatic carbocycles. The smallest absolute Gasteiger partial charge is 0.315 e. The summed E-state index contributed by atoms with van der Waals surface area (Å²) in [4.78, 5) is 13.9. The molecule has 2 rings (SSSR count). The molecule has 1 aromatic heterocycles. The van der Waals surface area contributed by atoms with Gasteiger partial charge in [0.15, 0.2) is 0 Å². The van der Waals surface area contributed by atoms with Gasteiger partial charge in [-0.15, -0.1) is 11.3 Å². The average Bonchev–Trinajstić information content (AvgIpc) is 2.89. The van der Waals surface area contributed by atoms with E-state index in [1.54, 1.807) is 11.3 Å². The van der Waals surface area contributed by atoms with E-state index in [1.807, 2.05) is 19.1 Å². The van der Waals surface area contributed by atoms with E-state index in [0.29, 0.717) is 12.1 Å². The number of carbonyl (C=O) groups is 1. The lowest BCUT2D eigenvalue weighted by molar-refractivity contribution is 0.173. The maximum atomic E-state index is 12.8. The number of thiophene rings is 1. The van der Waals surface area contributed by atoms with E-state index in [9.17, 15) is 14.3 Å². The third-order valence-electron chi connectivity index (χ3n) is 2.93. The van der Waals surface area contributed by atoms with Crippen molar-refractivity contribution in [1.29, 1.82) is 0 Å². The van der Waals surface area contributed by atoms with Gasteiger partial charge in [0.1, 0.15) is 5.82 Å². The van der Waals surface area contributed by atoms with Crippen LogP contribution in [0.4, 0.5) is 9.18 Å². The first-order valence-corrected chi connectivity index (χ1v) is 7.37. The fourth-order valence-corrected chi connectivity index (χ4v) is 2.63. The number of carbonyl (C=O) groups excluding carboxylic acids is 1. The number of amides is 2. The zero-order valence-electron chi connectivity index (χ0n) is 11.6. The highest BCUT2D eigenvalue weighted by Gasteiger charge is 2.09. The maximum absolute atomic E-state index is 12.8. The first-order valence-electron chi connectivity index (χ1n) is 6.55. The predicted molar refractivity (Wildman–Crippen MR) is 80.7 cm³/mol. The highest BCUT2D eigenvalue weighted by atomic mass is 32.1. The number of benzene rings is 1. The molecule has 4 nitrogen and oxygen atoms in total. The monoisotopic (exact) mass is 308 g/mol. The topological polar surface area (TPSA) is 61.4 Å². The first-order chi connectivity index (χ1) is 10.0. The first kappa shape index (κ1) is 15.5. The van der Waals surface area contributed by atoms with Gasteiger partial charge in [-0.1, -0.05) is 12.1 Å². The molecule has 2 aromatic rings. The van der Waals surface area contributed by atoms with Gasteiger partial charge in [-0.3, -0.25) is 0 Å². The number of halogens is 1.